The molecule has 0 bridgehead atoms. The van der Waals surface area contributed by atoms with Crippen LogP contribution >= 0.6 is 27.5 Å². The average Bonchev–Trinajstić information content (AvgIpc) is 2.71. The molecule has 1 atom stereocenters. The second-order valence-corrected chi connectivity index (χ2v) is 6.55. The van der Waals surface area contributed by atoms with Gasteiger partial charge in [-0.05, 0) is 38.0 Å². The van der Waals surface area contributed by atoms with E-state index < -0.39 is 0 Å². The predicted molar refractivity (Wildman–Crippen MR) is 87.3 cm³/mol. The molecule has 1 aromatic carbocycles. The number of amides is 1. The van der Waals surface area contributed by atoms with Crippen molar-refractivity contribution in [3.05, 3.63) is 27.7 Å². The van der Waals surface area contributed by atoms with E-state index in [0.717, 1.165) is 36.1 Å². The summed E-state index contributed by atoms with van der Waals surface area (Å²) in [7, 11) is 0. The minimum absolute atomic E-state index is 0.156. The van der Waals surface area contributed by atoms with Crippen molar-refractivity contribution in [3.8, 4) is 0 Å². The molecule has 0 spiro atoms. The Morgan fingerprint density at radius 3 is 2.60 bits per heavy atom. The van der Waals surface area contributed by atoms with Gasteiger partial charge in [-0.3, -0.25) is 4.79 Å². The smallest absolute Gasteiger partial charge is 0.244 e. The highest BCUT2D eigenvalue weighted by molar-refractivity contribution is 9.10. The van der Waals surface area contributed by atoms with Crippen LogP contribution in [0.2, 0.25) is 5.02 Å². The van der Waals surface area contributed by atoms with Crippen LogP contribution < -0.4 is 5.32 Å². The second-order valence-electron chi connectivity index (χ2n) is 5.23. The first kappa shape index (κ1) is 15.6. The first-order valence-corrected chi connectivity index (χ1v) is 8.25. The summed E-state index contributed by atoms with van der Waals surface area (Å²) in [4.78, 5) is 14.4. The van der Waals surface area contributed by atoms with E-state index in [9.17, 15) is 4.79 Å². The van der Waals surface area contributed by atoms with E-state index in [-0.39, 0.29) is 11.9 Å². The predicted octanol–water partition coefficient (Wildman–Crippen LogP) is 4.31. The molecular formula is C15H20BrClN2O. The van der Waals surface area contributed by atoms with Gasteiger partial charge >= 0.3 is 0 Å². The summed E-state index contributed by atoms with van der Waals surface area (Å²) >= 11 is 9.56. The number of nitrogens with one attached hydrogen (secondary N) is 1. The van der Waals surface area contributed by atoms with Crippen LogP contribution in [0.3, 0.4) is 0 Å². The molecule has 0 saturated carbocycles. The summed E-state index contributed by atoms with van der Waals surface area (Å²) in [6.07, 6.45) is 4.66. The molecule has 1 heterocycles. The van der Waals surface area contributed by atoms with Crippen LogP contribution in [0.25, 0.3) is 0 Å². The second kappa shape index (κ2) is 7.32. The number of benzene rings is 1. The third-order valence-corrected chi connectivity index (χ3v) is 4.41. The van der Waals surface area contributed by atoms with Crippen LogP contribution in [0, 0.1) is 0 Å². The van der Waals surface area contributed by atoms with Crippen molar-refractivity contribution in [2.45, 2.75) is 38.6 Å². The number of halogens is 2. The van der Waals surface area contributed by atoms with E-state index in [0.29, 0.717) is 5.02 Å². The third kappa shape index (κ3) is 4.13. The fraction of sp³-hybridized carbons (Fsp3) is 0.533. The molecule has 5 heteroatoms. The van der Waals surface area contributed by atoms with Crippen LogP contribution in [-0.4, -0.2) is 29.9 Å². The Bertz CT molecular complexity index is 473. The Hall–Kier alpha value is -0.740. The normalized spacial score (nSPS) is 17.4. The molecule has 1 aliphatic rings. The highest BCUT2D eigenvalue weighted by Crippen LogP contribution is 2.26. The minimum Gasteiger partial charge on any atom is -0.373 e. The molecule has 0 aliphatic carbocycles. The third-order valence-electron chi connectivity index (χ3n) is 3.59. The van der Waals surface area contributed by atoms with Gasteiger partial charge in [-0.15, -0.1) is 0 Å². The van der Waals surface area contributed by atoms with Gasteiger partial charge in [-0.1, -0.05) is 40.4 Å². The Morgan fingerprint density at radius 2 is 1.95 bits per heavy atom. The number of carbonyl (C=O) groups is 1. The van der Waals surface area contributed by atoms with Gasteiger partial charge in [0.2, 0.25) is 5.91 Å². The lowest BCUT2D eigenvalue weighted by atomic mass is 10.2. The molecule has 0 radical (unpaired) electrons. The van der Waals surface area contributed by atoms with Crippen molar-refractivity contribution >= 4 is 39.1 Å². The Kier molecular flexibility index (Phi) is 5.73. The number of rotatable bonds is 3. The number of nitrogens with zero attached hydrogens (tertiary/aromatic N) is 1. The number of anilines is 1. The van der Waals surface area contributed by atoms with E-state index >= 15 is 0 Å². The van der Waals surface area contributed by atoms with Gasteiger partial charge in [0.25, 0.3) is 0 Å². The first-order chi connectivity index (χ1) is 9.58. The molecule has 20 heavy (non-hydrogen) atoms. The zero-order valence-corrected chi connectivity index (χ0v) is 14.0. The minimum atomic E-state index is -0.264. The molecule has 1 fully saturated rings. The SMILES string of the molecule is CC(Nc1cc(Br)ccc1Cl)C(=O)N1CCCCCC1. The number of likely N-dealkylation sites (tertiary alicyclic amines) is 1. The molecule has 2 rings (SSSR count). The molecule has 0 aromatic heterocycles. The molecule has 110 valence electrons. The maximum Gasteiger partial charge on any atom is 0.244 e. The Balaban J connectivity index is 2.01. The van der Waals surface area contributed by atoms with Crippen molar-refractivity contribution in [2.24, 2.45) is 0 Å². The molecule has 1 unspecified atom stereocenters. The van der Waals surface area contributed by atoms with Crippen LogP contribution in [0.5, 0.6) is 0 Å². The number of carbonyl (C=O) groups excluding carboxylic acids is 1. The molecule has 1 aromatic rings. The van der Waals surface area contributed by atoms with Crippen molar-refractivity contribution in [2.75, 3.05) is 18.4 Å². The van der Waals surface area contributed by atoms with E-state index in [1.807, 2.05) is 30.0 Å². The van der Waals surface area contributed by atoms with Crippen molar-refractivity contribution in [3.63, 3.8) is 0 Å². The van der Waals surface area contributed by atoms with Crippen LogP contribution in [-0.2, 0) is 4.79 Å². The van der Waals surface area contributed by atoms with E-state index in [2.05, 4.69) is 21.2 Å². The number of hydrogen-bond acceptors (Lipinski definition) is 2. The highest BCUT2D eigenvalue weighted by Gasteiger charge is 2.21. The van der Waals surface area contributed by atoms with Crippen LogP contribution in [0.15, 0.2) is 22.7 Å². The zero-order chi connectivity index (χ0) is 14.5. The summed E-state index contributed by atoms with van der Waals surface area (Å²) < 4.78 is 0.943. The summed E-state index contributed by atoms with van der Waals surface area (Å²) in [5.41, 5.74) is 0.789. The van der Waals surface area contributed by atoms with Gasteiger partial charge in [0, 0.05) is 17.6 Å². The molecule has 3 nitrogen and oxygen atoms in total. The van der Waals surface area contributed by atoms with Gasteiger partial charge < -0.3 is 10.2 Å². The number of hydrogen-bond donors (Lipinski definition) is 1. The van der Waals surface area contributed by atoms with Gasteiger partial charge in [0.15, 0.2) is 0 Å². The van der Waals surface area contributed by atoms with E-state index in [4.69, 9.17) is 11.6 Å². The standard InChI is InChI=1S/C15H20BrClN2O/c1-11(15(20)19-8-4-2-3-5-9-19)18-14-10-12(16)6-7-13(14)17/h6-7,10-11,18H,2-5,8-9H2,1H3. The fourth-order valence-electron chi connectivity index (χ4n) is 2.47. The topological polar surface area (TPSA) is 32.3 Å². The van der Waals surface area contributed by atoms with Gasteiger partial charge in [-0.25, -0.2) is 0 Å². The molecule has 1 aliphatic heterocycles. The zero-order valence-electron chi connectivity index (χ0n) is 11.7. The summed E-state index contributed by atoms with van der Waals surface area (Å²) in [5, 5.41) is 3.84. The van der Waals surface area contributed by atoms with Crippen LogP contribution in [0.4, 0.5) is 5.69 Å². The van der Waals surface area contributed by atoms with Gasteiger partial charge in [0.05, 0.1) is 10.7 Å². The van der Waals surface area contributed by atoms with E-state index in [1.54, 1.807) is 0 Å². The Morgan fingerprint density at radius 1 is 1.30 bits per heavy atom. The van der Waals surface area contributed by atoms with E-state index in [1.165, 1.54) is 12.8 Å². The highest BCUT2D eigenvalue weighted by atomic mass is 79.9. The average molecular weight is 360 g/mol. The monoisotopic (exact) mass is 358 g/mol. The van der Waals surface area contributed by atoms with Crippen LogP contribution in [0.1, 0.15) is 32.6 Å². The Labute approximate surface area is 133 Å². The quantitative estimate of drug-likeness (QED) is 0.872. The largest absolute Gasteiger partial charge is 0.373 e. The van der Waals surface area contributed by atoms with Crippen molar-refractivity contribution in [1.82, 2.24) is 4.90 Å². The van der Waals surface area contributed by atoms with Gasteiger partial charge in [-0.2, -0.15) is 0 Å². The molecular weight excluding hydrogens is 340 g/mol. The molecule has 1 N–H and O–H groups in total. The van der Waals surface area contributed by atoms with Crippen molar-refractivity contribution < 1.29 is 4.79 Å². The summed E-state index contributed by atoms with van der Waals surface area (Å²) in [6, 6.07) is 5.33. The lowest BCUT2D eigenvalue weighted by molar-refractivity contribution is -0.131. The summed E-state index contributed by atoms with van der Waals surface area (Å²) in [6.45, 7) is 3.64. The maximum absolute atomic E-state index is 12.5. The first-order valence-electron chi connectivity index (χ1n) is 7.08. The lowest BCUT2D eigenvalue weighted by Gasteiger charge is -2.25. The van der Waals surface area contributed by atoms with Crippen molar-refractivity contribution in [1.29, 1.82) is 0 Å². The molecule has 1 amide bonds. The molecule has 1 saturated heterocycles. The fourth-order valence-corrected chi connectivity index (χ4v) is 3.00. The van der Waals surface area contributed by atoms with Gasteiger partial charge in [0.1, 0.15) is 6.04 Å². The lowest BCUT2D eigenvalue weighted by Crippen LogP contribution is -2.41. The summed E-state index contributed by atoms with van der Waals surface area (Å²) in [5.74, 6) is 0.156. The maximum atomic E-state index is 12.5.